The van der Waals surface area contributed by atoms with Gasteiger partial charge in [-0.3, -0.25) is 0 Å². The highest BCUT2D eigenvalue weighted by atomic mass is 35.5. The minimum Gasteiger partial charge on any atom is -0.310 e. The molecule has 0 aromatic carbocycles. The van der Waals surface area contributed by atoms with Crippen molar-refractivity contribution in [2.45, 2.75) is 12.3 Å². The van der Waals surface area contributed by atoms with Crippen LogP contribution >= 0.6 is 12.4 Å². The van der Waals surface area contributed by atoms with E-state index < -0.39 is 11.8 Å². The number of hydrogen-bond donors (Lipinski definition) is 1. The third-order valence-corrected chi connectivity index (χ3v) is 1.50. The summed E-state index contributed by atoms with van der Waals surface area (Å²) in [6.45, 7) is 0.108. The van der Waals surface area contributed by atoms with Crippen molar-refractivity contribution in [1.82, 2.24) is 5.32 Å². The first kappa shape index (κ1) is 10.6. The molecule has 1 aliphatic heterocycles. The number of hydrogen-bond acceptors (Lipinski definition) is 2. The zero-order chi connectivity index (χ0) is 7.61. The van der Waals surface area contributed by atoms with Crippen LogP contribution in [0.2, 0.25) is 0 Å². The molecule has 1 N–H and O–H groups in total. The molecule has 0 spiro atoms. The molecule has 0 radical (unpaired) electrons. The van der Waals surface area contributed by atoms with Crippen molar-refractivity contribution in [2.75, 3.05) is 13.1 Å². The molecule has 1 fully saturated rings. The topological polar surface area (TPSA) is 35.8 Å². The summed E-state index contributed by atoms with van der Waals surface area (Å²) in [5, 5.41) is 10.8. The van der Waals surface area contributed by atoms with E-state index in [0.29, 0.717) is 6.54 Å². The first-order valence-corrected chi connectivity index (χ1v) is 3.12. The molecule has 1 saturated heterocycles. The monoisotopic (exact) mass is 182 g/mol. The molecule has 1 unspecified atom stereocenters. The molecule has 64 valence electrons. The number of nitrogens with one attached hydrogen (secondary N) is 1. The van der Waals surface area contributed by atoms with E-state index in [4.69, 9.17) is 5.26 Å². The standard InChI is InChI=1S/C6H8F2N2.ClH/c7-6(8)1-5(2-9)3-10-4-6;/h5,10H,1,3-4H2;1H. The minimum absolute atomic E-state index is 0. The summed E-state index contributed by atoms with van der Waals surface area (Å²) in [5.41, 5.74) is 0. The van der Waals surface area contributed by atoms with Gasteiger partial charge in [0.15, 0.2) is 0 Å². The molecule has 0 saturated carbocycles. The van der Waals surface area contributed by atoms with Gasteiger partial charge < -0.3 is 5.32 Å². The molecule has 2 nitrogen and oxygen atoms in total. The third kappa shape index (κ3) is 3.00. The van der Waals surface area contributed by atoms with Gasteiger partial charge in [0.25, 0.3) is 5.92 Å². The molecular weight excluding hydrogens is 174 g/mol. The third-order valence-electron chi connectivity index (χ3n) is 1.50. The van der Waals surface area contributed by atoms with Crippen molar-refractivity contribution in [1.29, 1.82) is 5.26 Å². The van der Waals surface area contributed by atoms with Crippen LogP contribution in [-0.4, -0.2) is 19.0 Å². The van der Waals surface area contributed by atoms with Gasteiger partial charge in [-0.25, -0.2) is 8.78 Å². The number of nitriles is 1. The molecular formula is C6H9ClF2N2. The van der Waals surface area contributed by atoms with E-state index >= 15 is 0 Å². The highest BCUT2D eigenvalue weighted by Crippen LogP contribution is 2.25. The molecule has 1 heterocycles. The Kier molecular flexibility index (Phi) is 3.70. The lowest BCUT2D eigenvalue weighted by Gasteiger charge is -2.25. The van der Waals surface area contributed by atoms with E-state index in [-0.39, 0.29) is 25.4 Å². The number of halogens is 3. The van der Waals surface area contributed by atoms with E-state index in [2.05, 4.69) is 5.32 Å². The van der Waals surface area contributed by atoms with Gasteiger partial charge in [0, 0.05) is 13.0 Å². The fourth-order valence-electron chi connectivity index (χ4n) is 1.03. The first-order chi connectivity index (χ1) is 4.64. The van der Waals surface area contributed by atoms with Crippen LogP contribution < -0.4 is 5.32 Å². The molecule has 1 rings (SSSR count). The van der Waals surface area contributed by atoms with Crippen LogP contribution in [0.5, 0.6) is 0 Å². The van der Waals surface area contributed by atoms with Crippen molar-refractivity contribution >= 4 is 12.4 Å². The van der Waals surface area contributed by atoms with Gasteiger partial charge in [0.1, 0.15) is 0 Å². The van der Waals surface area contributed by atoms with Gasteiger partial charge in [-0.2, -0.15) is 5.26 Å². The van der Waals surface area contributed by atoms with Crippen molar-refractivity contribution in [3.8, 4) is 6.07 Å². The van der Waals surface area contributed by atoms with Gasteiger partial charge in [-0.1, -0.05) is 0 Å². The number of rotatable bonds is 0. The second-order valence-corrected chi connectivity index (χ2v) is 2.52. The van der Waals surface area contributed by atoms with Crippen LogP contribution in [-0.2, 0) is 0 Å². The highest BCUT2D eigenvalue weighted by molar-refractivity contribution is 5.85. The van der Waals surface area contributed by atoms with E-state index in [1.165, 1.54) is 0 Å². The van der Waals surface area contributed by atoms with Crippen LogP contribution in [0.25, 0.3) is 0 Å². The molecule has 0 aromatic heterocycles. The van der Waals surface area contributed by atoms with Gasteiger partial charge in [0.2, 0.25) is 0 Å². The molecule has 0 aromatic rings. The summed E-state index contributed by atoms with van der Waals surface area (Å²) in [4.78, 5) is 0. The Morgan fingerprint density at radius 2 is 2.18 bits per heavy atom. The summed E-state index contributed by atoms with van der Waals surface area (Å²) in [6.07, 6.45) is -0.295. The molecule has 5 heteroatoms. The smallest absolute Gasteiger partial charge is 0.261 e. The van der Waals surface area contributed by atoms with Crippen LogP contribution in [0.3, 0.4) is 0 Å². The SMILES string of the molecule is Cl.N#CC1CNCC(F)(F)C1. The van der Waals surface area contributed by atoms with E-state index in [1.807, 2.05) is 6.07 Å². The Balaban J connectivity index is 0.000001000. The minimum atomic E-state index is -2.68. The summed E-state index contributed by atoms with van der Waals surface area (Å²) in [7, 11) is 0. The predicted octanol–water partition coefficient (Wildman–Crippen LogP) is 1.18. The van der Waals surface area contributed by atoms with Gasteiger partial charge in [0.05, 0.1) is 18.5 Å². The quantitative estimate of drug-likeness (QED) is 0.611. The lowest BCUT2D eigenvalue weighted by atomic mass is 9.99. The molecule has 0 bridgehead atoms. The van der Waals surface area contributed by atoms with Gasteiger partial charge in [-0.15, -0.1) is 12.4 Å². The normalized spacial score (nSPS) is 28.3. The van der Waals surface area contributed by atoms with Crippen LogP contribution in [0.1, 0.15) is 6.42 Å². The van der Waals surface area contributed by atoms with Crippen molar-refractivity contribution < 1.29 is 8.78 Å². The molecule has 0 amide bonds. The van der Waals surface area contributed by atoms with E-state index in [1.54, 1.807) is 0 Å². The summed E-state index contributed by atoms with van der Waals surface area (Å²) < 4.78 is 24.9. The second-order valence-electron chi connectivity index (χ2n) is 2.52. The Morgan fingerprint density at radius 1 is 1.55 bits per heavy atom. The lowest BCUT2D eigenvalue weighted by molar-refractivity contribution is -0.0311. The zero-order valence-corrected chi connectivity index (χ0v) is 6.63. The number of nitrogens with zero attached hydrogens (tertiary/aromatic N) is 1. The van der Waals surface area contributed by atoms with Gasteiger partial charge >= 0.3 is 0 Å². The summed E-state index contributed by atoms with van der Waals surface area (Å²) in [6, 6.07) is 1.82. The average Bonchev–Trinajstić information content (AvgIpc) is 1.86. The largest absolute Gasteiger partial charge is 0.310 e. The first-order valence-electron chi connectivity index (χ1n) is 3.12. The van der Waals surface area contributed by atoms with Crippen LogP contribution in [0.15, 0.2) is 0 Å². The Labute approximate surface area is 70.0 Å². The fraction of sp³-hybridized carbons (Fsp3) is 0.833. The van der Waals surface area contributed by atoms with E-state index in [0.717, 1.165) is 0 Å². The summed E-state index contributed by atoms with van der Waals surface area (Å²) >= 11 is 0. The maximum Gasteiger partial charge on any atom is 0.261 e. The predicted molar refractivity (Wildman–Crippen MR) is 38.8 cm³/mol. The molecule has 11 heavy (non-hydrogen) atoms. The molecule has 1 atom stereocenters. The Bertz CT molecular complexity index is 166. The van der Waals surface area contributed by atoms with Crippen molar-refractivity contribution in [2.24, 2.45) is 5.92 Å². The molecule has 0 aliphatic carbocycles. The second kappa shape index (κ2) is 3.84. The Morgan fingerprint density at radius 3 is 2.55 bits per heavy atom. The maximum atomic E-state index is 12.4. The van der Waals surface area contributed by atoms with Crippen LogP contribution in [0.4, 0.5) is 8.78 Å². The highest BCUT2D eigenvalue weighted by Gasteiger charge is 2.35. The van der Waals surface area contributed by atoms with Crippen molar-refractivity contribution in [3.63, 3.8) is 0 Å². The average molecular weight is 183 g/mol. The van der Waals surface area contributed by atoms with Gasteiger partial charge in [-0.05, 0) is 0 Å². The Hall–Kier alpha value is -0.400. The van der Waals surface area contributed by atoms with E-state index in [9.17, 15) is 8.78 Å². The number of alkyl halides is 2. The molecule has 1 aliphatic rings. The lowest BCUT2D eigenvalue weighted by Crippen LogP contribution is -2.43. The van der Waals surface area contributed by atoms with Crippen LogP contribution in [0, 0.1) is 17.2 Å². The zero-order valence-electron chi connectivity index (χ0n) is 5.81. The fourth-order valence-corrected chi connectivity index (χ4v) is 1.03. The summed E-state index contributed by atoms with van der Waals surface area (Å²) in [5.74, 6) is -3.21. The maximum absolute atomic E-state index is 12.4. The number of piperidine rings is 1. The van der Waals surface area contributed by atoms with Crippen molar-refractivity contribution in [3.05, 3.63) is 0 Å².